The third-order valence-corrected chi connectivity index (χ3v) is 3.87. The van der Waals surface area contributed by atoms with Crippen LogP contribution in [0.15, 0.2) is 28.9 Å². The number of nitrogens with zero attached hydrogens (tertiary/aromatic N) is 1. The maximum Gasteiger partial charge on any atom is 0.136 e. The molecule has 88 valence electrons. The summed E-state index contributed by atoms with van der Waals surface area (Å²) in [5.41, 5.74) is 9.59. The highest BCUT2D eigenvalue weighted by Gasteiger charge is 2.31. The van der Waals surface area contributed by atoms with Gasteiger partial charge in [-0.25, -0.2) is 0 Å². The Morgan fingerprint density at radius 2 is 2.06 bits per heavy atom. The number of furan rings is 1. The summed E-state index contributed by atoms with van der Waals surface area (Å²) in [6.45, 7) is 1.93. The van der Waals surface area contributed by atoms with Crippen molar-refractivity contribution >= 4 is 16.7 Å². The number of hydrogen-bond donors (Lipinski definition) is 1. The maximum atomic E-state index is 5.87. The Balaban J connectivity index is 1.86. The number of anilines is 1. The number of fused-ring (bicyclic) bond motifs is 1. The smallest absolute Gasteiger partial charge is 0.136 e. The van der Waals surface area contributed by atoms with Crippen molar-refractivity contribution in [2.45, 2.75) is 24.8 Å². The van der Waals surface area contributed by atoms with Gasteiger partial charge in [-0.3, -0.25) is 0 Å². The molecule has 2 N–H and O–H groups in total. The SMILES string of the molecule is NC1CN(c2cccc3occ(C4CC4)c23)C1. The van der Waals surface area contributed by atoms with E-state index in [2.05, 4.69) is 23.1 Å². The third-order valence-electron chi connectivity index (χ3n) is 3.87. The molecule has 2 aliphatic rings. The summed E-state index contributed by atoms with van der Waals surface area (Å²) in [6, 6.07) is 6.66. The van der Waals surface area contributed by atoms with Crippen molar-refractivity contribution in [1.82, 2.24) is 0 Å². The van der Waals surface area contributed by atoms with Crippen LogP contribution >= 0.6 is 0 Å². The zero-order valence-corrected chi connectivity index (χ0v) is 9.73. The lowest BCUT2D eigenvalue weighted by Crippen LogP contribution is -2.55. The van der Waals surface area contributed by atoms with Crippen molar-refractivity contribution in [3.63, 3.8) is 0 Å². The molecule has 0 amide bonds. The van der Waals surface area contributed by atoms with E-state index >= 15 is 0 Å². The number of rotatable bonds is 2. The van der Waals surface area contributed by atoms with Gasteiger partial charge >= 0.3 is 0 Å². The molecule has 2 fully saturated rings. The van der Waals surface area contributed by atoms with Gasteiger partial charge in [0.2, 0.25) is 0 Å². The molecular weight excluding hydrogens is 212 g/mol. The minimum absolute atomic E-state index is 0.335. The minimum Gasteiger partial charge on any atom is -0.464 e. The van der Waals surface area contributed by atoms with Gasteiger partial charge in [-0.05, 0) is 30.9 Å². The number of nitrogens with two attached hydrogens (primary N) is 1. The van der Waals surface area contributed by atoms with Crippen molar-refractivity contribution in [3.8, 4) is 0 Å². The molecule has 1 saturated heterocycles. The first-order valence-electron chi connectivity index (χ1n) is 6.33. The standard InChI is InChI=1S/C14H16N2O/c15-10-6-16(7-10)12-2-1-3-13-14(12)11(8-17-13)9-4-5-9/h1-3,8-10H,4-7,15H2. The first kappa shape index (κ1) is 9.54. The summed E-state index contributed by atoms with van der Waals surface area (Å²) in [6.07, 6.45) is 4.57. The van der Waals surface area contributed by atoms with Gasteiger partial charge in [0, 0.05) is 35.8 Å². The van der Waals surface area contributed by atoms with Gasteiger partial charge < -0.3 is 15.1 Å². The van der Waals surface area contributed by atoms with Crippen LogP contribution in [-0.2, 0) is 0 Å². The Morgan fingerprint density at radius 1 is 1.24 bits per heavy atom. The quantitative estimate of drug-likeness (QED) is 0.858. The molecule has 17 heavy (non-hydrogen) atoms. The van der Waals surface area contributed by atoms with E-state index in [0.29, 0.717) is 6.04 Å². The zero-order valence-electron chi connectivity index (χ0n) is 9.73. The van der Waals surface area contributed by atoms with Crippen LogP contribution in [-0.4, -0.2) is 19.1 Å². The van der Waals surface area contributed by atoms with Crippen LogP contribution in [0, 0.1) is 0 Å². The van der Waals surface area contributed by atoms with Crippen LogP contribution in [0.5, 0.6) is 0 Å². The highest BCUT2D eigenvalue weighted by Crippen LogP contribution is 2.46. The number of hydrogen-bond acceptors (Lipinski definition) is 3. The molecule has 4 rings (SSSR count). The lowest BCUT2D eigenvalue weighted by atomic mass is 10.0. The second kappa shape index (κ2) is 3.26. The van der Waals surface area contributed by atoms with Gasteiger partial charge in [0.25, 0.3) is 0 Å². The fraction of sp³-hybridized carbons (Fsp3) is 0.429. The topological polar surface area (TPSA) is 42.4 Å². The van der Waals surface area contributed by atoms with Crippen LogP contribution in [0.1, 0.15) is 24.3 Å². The largest absolute Gasteiger partial charge is 0.464 e. The van der Waals surface area contributed by atoms with Crippen molar-refractivity contribution in [1.29, 1.82) is 0 Å². The van der Waals surface area contributed by atoms with Crippen LogP contribution < -0.4 is 10.6 Å². The molecule has 1 saturated carbocycles. The van der Waals surface area contributed by atoms with E-state index in [1.54, 1.807) is 0 Å². The minimum atomic E-state index is 0.335. The first-order chi connectivity index (χ1) is 8.33. The van der Waals surface area contributed by atoms with Crippen LogP contribution in [0.25, 0.3) is 11.0 Å². The Hall–Kier alpha value is -1.48. The first-order valence-corrected chi connectivity index (χ1v) is 6.33. The Bertz CT molecular complexity index is 565. The van der Waals surface area contributed by atoms with Crippen molar-refractivity contribution in [3.05, 3.63) is 30.0 Å². The van der Waals surface area contributed by atoms with Gasteiger partial charge in [-0.1, -0.05) is 6.07 Å². The molecule has 0 unspecified atom stereocenters. The second-order valence-electron chi connectivity index (χ2n) is 5.28. The van der Waals surface area contributed by atoms with Gasteiger partial charge in [-0.2, -0.15) is 0 Å². The third kappa shape index (κ3) is 1.39. The van der Waals surface area contributed by atoms with Gasteiger partial charge in [0.15, 0.2) is 0 Å². The Labute approximate surface area is 100 Å². The van der Waals surface area contributed by atoms with E-state index in [1.165, 1.54) is 29.5 Å². The lowest BCUT2D eigenvalue weighted by Gasteiger charge is -2.39. The molecule has 1 aliphatic heterocycles. The zero-order chi connectivity index (χ0) is 11.4. The monoisotopic (exact) mass is 228 g/mol. The molecule has 1 aromatic carbocycles. The summed E-state index contributed by atoms with van der Waals surface area (Å²) in [5, 5.41) is 1.32. The van der Waals surface area contributed by atoms with E-state index in [9.17, 15) is 0 Å². The fourth-order valence-electron chi connectivity index (χ4n) is 2.76. The molecule has 0 spiro atoms. The molecular formula is C14H16N2O. The van der Waals surface area contributed by atoms with Crippen molar-refractivity contribution in [2.24, 2.45) is 5.73 Å². The molecule has 2 aromatic rings. The molecule has 0 radical (unpaired) electrons. The average Bonchev–Trinajstić information content (AvgIpc) is 3.04. The molecule has 0 atom stereocenters. The molecule has 2 heterocycles. The fourth-order valence-corrected chi connectivity index (χ4v) is 2.76. The van der Waals surface area contributed by atoms with Gasteiger partial charge in [0.05, 0.1) is 6.26 Å². The summed E-state index contributed by atoms with van der Waals surface area (Å²) in [7, 11) is 0. The predicted molar refractivity (Wildman–Crippen MR) is 68.4 cm³/mol. The highest BCUT2D eigenvalue weighted by molar-refractivity contribution is 5.95. The number of benzene rings is 1. The van der Waals surface area contributed by atoms with Gasteiger partial charge in [-0.15, -0.1) is 0 Å². The Kier molecular flexibility index (Phi) is 1.83. The second-order valence-corrected chi connectivity index (χ2v) is 5.28. The summed E-state index contributed by atoms with van der Waals surface area (Å²) >= 11 is 0. The van der Waals surface area contributed by atoms with E-state index in [0.717, 1.165) is 24.6 Å². The molecule has 1 aromatic heterocycles. The van der Waals surface area contributed by atoms with Crippen molar-refractivity contribution < 1.29 is 4.42 Å². The van der Waals surface area contributed by atoms with E-state index < -0.39 is 0 Å². The molecule has 3 nitrogen and oxygen atoms in total. The van der Waals surface area contributed by atoms with Crippen LogP contribution in [0.4, 0.5) is 5.69 Å². The van der Waals surface area contributed by atoms with Crippen LogP contribution in [0.2, 0.25) is 0 Å². The lowest BCUT2D eigenvalue weighted by molar-refractivity contribution is 0.521. The summed E-state index contributed by atoms with van der Waals surface area (Å²) in [4.78, 5) is 2.36. The van der Waals surface area contributed by atoms with Crippen molar-refractivity contribution in [2.75, 3.05) is 18.0 Å². The van der Waals surface area contributed by atoms with E-state index in [4.69, 9.17) is 10.2 Å². The average molecular weight is 228 g/mol. The normalized spacial score (nSPS) is 20.9. The maximum absolute atomic E-state index is 5.87. The Morgan fingerprint density at radius 3 is 2.76 bits per heavy atom. The summed E-state index contributed by atoms with van der Waals surface area (Å²) < 4.78 is 5.68. The van der Waals surface area contributed by atoms with Gasteiger partial charge in [0.1, 0.15) is 5.58 Å². The van der Waals surface area contributed by atoms with E-state index in [1.807, 2.05) is 6.26 Å². The molecule has 3 heteroatoms. The van der Waals surface area contributed by atoms with Crippen LogP contribution in [0.3, 0.4) is 0 Å². The highest BCUT2D eigenvalue weighted by atomic mass is 16.3. The molecule has 1 aliphatic carbocycles. The predicted octanol–water partition coefficient (Wildman–Crippen LogP) is 2.46. The van der Waals surface area contributed by atoms with E-state index in [-0.39, 0.29) is 0 Å². The molecule has 0 bridgehead atoms. The summed E-state index contributed by atoms with van der Waals surface area (Å²) in [5.74, 6) is 0.729.